The Morgan fingerprint density at radius 3 is 2.87 bits per heavy atom. The lowest BCUT2D eigenvalue weighted by Gasteiger charge is -2.16. The number of fused-ring (bicyclic) bond motifs is 1. The fraction of sp³-hybridized carbons (Fsp3) is 0.389. The van der Waals surface area contributed by atoms with Gasteiger partial charge in [-0.3, -0.25) is 14.4 Å². The molecule has 1 amide bonds. The number of allylic oxidation sites excluding steroid dienone is 2. The highest BCUT2D eigenvalue weighted by atomic mass is 16.5. The lowest BCUT2D eigenvalue weighted by atomic mass is 9.95. The van der Waals surface area contributed by atoms with Gasteiger partial charge in [0.2, 0.25) is 5.91 Å². The van der Waals surface area contributed by atoms with Crippen molar-refractivity contribution in [3.8, 4) is 0 Å². The largest absolute Gasteiger partial charge is 0.457 e. The van der Waals surface area contributed by atoms with E-state index in [-0.39, 0.29) is 36.1 Å². The number of ketones is 1. The molecule has 5 heteroatoms. The Morgan fingerprint density at radius 2 is 2.13 bits per heavy atom. The maximum Gasteiger partial charge on any atom is 0.309 e. The molecule has 120 valence electrons. The Morgan fingerprint density at radius 1 is 1.30 bits per heavy atom. The summed E-state index contributed by atoms with van der Waals surface area (Å²) in [6, 6.07) is 5.08. The third-order valence-corrected chi connectivity index (χ3v) is 4.44. The maximum atomic E-state index is 12.2. The maximum absolute atomic E-state index is 12.2. The molecule has 0 saturated carbocycles. The summed E-state index contributed by atoms with van der Waals surface area (Å²) in [5.74, 6) is -1.04. The smallest absolute Gasteiger partial charge is 0.309 e. The molecule has 0 fully saturated rings. The number of carbonyl (C=O) groups is 3. The first-order valence-electron chi connectivity index (χ1n) is 7.86. The Bertz CT molecular complexity index is 692. The van der Waals surface area contributed by atoms with E-state index in [1.54, 1.807) is 25.1 Å². The van der Waals surface area contributed by atoms with Crippen molar-refractivity contribution in [3.63, 3.8) is 0 Å². The standard InChI is InChI=1S/C18H19NO4/c1-11-14-9-13(7-8-15(14)19-17(11)21)16(20)10-23-18(22)12-5-3-2-4-6-12/h2-3,7-9,11-12H,4-6,10H2,1H3,(H,19,21)/t11-,12-/m0/s1. The van der Waals surface area contributed by atoms with E-state index in [0.29, 0.717) is 12.0 Å². The van der Waals surface area contributed by atoms with Gasteiger partial charge < -0.3 is 10.1 Å². The van der Waals surface area contributed by atoms with Crippen molar-refractivity contribution in [2.75, 3.05) is 11.9 Å². The number of hydrogen-bond acceptors (Lipinski definition) is 4. The van der Waals surface area contributed by atoms with E-state index in [2.05, 4.69) is 11.4 Å². The monoisotopic (exact) mass is 313 g/mol. The third kappa shape index (κ3) is 3.18. The first kappa shape index (κ1) is 15.5. The summed E-state index contributed by atoms with van der Waals surface area (Å²) in [5.41, 5.74) is 2.01. The summed E-state index contributed by atoms with van der Waals surface area (Å²) in [4.78, 5) is 35.8. The first-order chi connectivity index (χ1) is 11.1. The summed E-state index contributed by atoms with van der Waals surface area (Å²) in [7, 11) is 0. The van der Waals surface area contributed by atoms with Crippen LogP contribution in [0, 0.1) is 5.92 Å². The highest BCUT2D eigenvalue weighted by molar-refractivity contribution is 6.05. The van der Waals surface area contributed by atoms with Gasteiger partial charge in [-0.1, -0.05) is 12.2 Å². The van der Waals surface area contributed by atoms with Gasteiger partial charge in [0, 0.05) is 11.3 Å². The number of benzene rings is 1. The van der Waals surface area contributed by atoms with Crippen LogP contribution in [0.1, 0.15) is 48.0 Å². The zero-order chi connectivity index (χ0) is 16.4. The molecule has 0 bridgehead atoms. The number of esters is 1. The molecule has 2 aliphatic rings. The molecule has 0 saturated heterocycles. The number of rotatable bonds is 4. The molecule has 23 heavy (non-hydrogen) atoms. The molecule has 1 aliphatic heterocycles. The summed E-state index contributed by atoms with van der Waals surface area (Å²) in [5, 5.41) is 2.76. The first-order valence-corrected chi connectivity index (χ1v) is 7.86. The molecule has 0 spiro atoms. The molecule has 3 rings (SSSR count). The second kappa shape index (κ2) is 6.36. The van der Waals surface area contributed by atoms with Crippen LogP contribution in [0.25, 0.3) is 0 Å². The van der Waals surface area contributed by atoms with Gasteiger partial charge in [0.25, 0.3) is 0 Å². The van der Waals surface area contributed by atoms with E-state index < -0.39 is 0 Å². The summed E-state index contributed by atoms with van der Waals surface area (Å²) < 4.78 is 5.16. The predicted molar refractivity (Wildman–Crippen MR) is 85.3 cm³/mol. The molecule has 1 aromatic rings. The number of amides is 1. The van der Waals surface area contributed by atoms with Crippen molar-refractivity contribution < 1.29 is 19.1 Å². The summed E-state index contributed by atoms with van der Waals surface area (Å²) >= 11 is 0. The molecular formula is C18H19NO4. The molecule has 1 aliphatic carbocycles. The van der Waals surface area contributed by atoms with E-state index in [0.717, 1.165) is 24.1 Å². The van der Waals surface area contributed by atoms with Gasteiger partial charge >= 0.3 is 5.97 Å². The van der Waals surface area contributed by atoms with Crippen LogP contribution in [-0.2, 0) is 14.3 Å². The quantitative estimate of drug-likeness (QED) is 0.527. The van der Waals surface area contributed by atoms with E-state index in [1.807, 2.05) is 6.08 Å². The molecule has 5 nitrogen and oxygen atoms in total. The predicted octanol–water partition coefficient (Wildman–Crippen LogP) is 2.82. The second-order valence-corrected chi connectivity index (χ2v) is 6.03. The van der Waals surface area contributed by atoms with Crippen LogP contribution in [0.2, 0.25) is 0 Å². The van der Waals surface area contributed by atoms with Crippen molar-refractivity contribution in [2.24, 2.45) is 5.92 Å². The van der Waals surface area contributed by atoms with E-state index in [9.17, 15) is 14.4 Å². The zero-order valence-corrected chi connectivity index (χ0v) is 13.0. The van der Waals surface area contributed by atoms with E-state index >= 15 is 0 Å². The number of carbonyl (C=O) groups excluding carboxylic acids is 3. The lowest BCUT2D eigenvalue weighted by molar-refractivity contribution is -0.147. The van der Waals surface area contributed by atoms with E-state index in [4.69, 9.17) is 4.74 Å². The van der Waals surface area contributed by atoms with Gasteiger partial charge in [-0.25, -0.2) is 0 Å². The van der Waals surface area contributed by atoms with Gasteiger partial charge in [-0.05, 0) is 49.9 Å². The van der Waals surface area contributed by atoms with Gasteiger partial charge in [-0.15, -0.1) is 0 Å². The molecule has 1 heterocycles. The third-order valence-electron chi connectivity index (χ3n) is 4.44. The van der Waals surface area contributed by atoms with Crippen molar-refractivity contribution in [1.29, 1.82) is 0 Å². The molecule has 0 aromatic heterocycles. The molecular weight excluding hydrogens is 294 g/mol. The summed E-state index contributed by atoms with van der Waals surface area (Å²) in [6.07, 6.45) is 6.35. The van der Waals surface area contributed by atoms with Crippen LogP contribution < -0.4 is 5.32 Å². The van der Waals surface area contributed by atoms with Crippen LogP contribution in [0.3, 0.4) is 0 Å². The van der Waals surface area contributed by atoms with Gasteiger partial charge in [-0.2, -0.15) is 0 Å². The van der Waals surface area contributed by atoms with Gasteiger partial charge in [0.15, 0.2) is 12.4 Å². The fourth-order valence-electron chi connectivity index (χ4n) is 2.94. The van der Waals surface area contributed by atoms with Crippen LogP contribution in [0.4, 0.5) is 5.69 Å². The minimum absolute atomic E-state index is 0.0682. The van der Waals surface area contributed by atoms with Gasteiger partial charge in [0.05, 0.1) is 11.8 Å². The number of nitrogens with one attached hydrogen (secondary N) is 1. The van der Waals surface area contributed by atoms with Crippen LogP contribution in [-0.4, -0.2) is 24.3 Å². The Labute approximate surface area is 134 Å². The second-order valence-electron chi connectivity index (χ2n) is 6.03. The van der Waals surface area contributed by atoms with Crippen molar-refractivity contribution >= 4 is 23.3 Å². The highest BCUT2D eigenvalue weighted by Gasteiger charge is 2.27. The van der Waals surface area contributed by atoms with E-state index in [1.165, 1.54) is 0 Å². The number of anilines is 1. The Balaban J connectivity index is 1.62. The minimum Gasteiger partial charge on any atom is -0.457 e. The number of ether oxygens (including phenoxy) is 1. The zero-order valence-electron chi connectivity index (χ0n) is 13.0. The SMILES string of the molecule is C[C@@H]1C(=O)Nc2ccc(C(=O)COC(=O)[C@H]3CC=CCC3)cc21. The molecule has 0 radical (unpaired) electrons. The van der Waals surface area contributed by atoms with Crippen LogP contribution in [0.5, 0.6) is 0 Å². The molecule has 1 aromatic carbocycles. The Hall–Kier alpha value is -2.43. The Kier molecular flexibility index (Phi) is 4.28. The van der Waals surface area contributed by atoms with Crippen molar-refractivity contribution in [1.82, 2.24) is 0 Å². The average Bonchev–Trinajstić information content (AvgIpc) is 2.87. The highest BCUT2D eigenvalue weighted by Crippen LogP contribution is 2.32. The summed E-state index contributed by atoms with van der Waals surface area (Å²) in [6.45, 7) is 1.54. The normalized spacial score (nSPS) is 22.4. The number of hydrogen-bond donors (Lipinski definition) is 1. The van der Waals surface area contributed by atoms with Crippen molar-refractivity contribution in [3.05, 3.63) is 41.5 Å². The molecule has 1 N–H and O–H groups in total. The molecule has 0 unspecified atom stereocenters. The lowest BCUT2D eigenvalue weighted by Crippen LogP contribution is -2.22. The molecule has 2 atom stereocenters. The topological polar surface area (TPSA) is 72.5 Å². The fourth-order valence-corrected chi connectivity index (χ4v) is 2.94. The van der Waals surface area contributed by atoms with Crippen LogP contribution in [0.15, 0.2) is 30.4 Å². The van der Waals surface area contributed by atoms with Gasteiger partial charge in [0.1, 0.15) is 0 Å². The number of Topliss-reactive ketones (excluding diaryl/α,β-unsaturated/α-hetero) is 1. The van der Waals surface area contributed by atoms with Crippen LogP contribution >= 0.6 is 0 Å². The van der Waals surface area contributed by atoms with Crippen molar-refractivity contribution in [2.45, 2.75) is 32.1 Å². The average molecular weight is 313 g/mol. The minimum atomic E-state index is -0.311.